The number of aryl methyl sites for hydroxylation is 1. The topological polar surface area (TPSA) is 89.0 Å². The van der Waals surface area contributed by atoms with Gasteiger partial charge in [-0.2, -0.15) is 0 Å². The predicted molar refractivity (Wildman–Crippen MR) is 147 cm³/mol. The molecule has 196 valence electrons. The molecule has 7 heteroatoms. The Balaban J connectivity index is 1.53. The second kappa shape index (κ2) is 11.2. The van der Waals surface area contributed by atoms with E-state index in [-0.39, 0.29) is 17.9 Å². The highest BCUT2D eigenvalue weighted by Gasteiger charge is 2.46. The van der Waals surface area contributed by atoms with E-state index in [0.717, 1.165) is 16.7 Å². The molecular weight excluding hydrogens is 492 g/mol. The third kappa shape index (κ3) is 5.38. The van der Waals surface area contributed by atoms with Crippen LogP contribution in [0.2, 0.25) is 0 Å². The largest absolute Gasteiger partial charge is 0.507 e. The molecule has 2 heterocycles. The zero-order valence-corrected chi connectivity index (χ0v) is 21.7. The van der Waals surface area contributed by atoms with Gasteiger partial charge in [0.1, 0.15) is 23.9 Å². The van der Waals surface area contributed by atoms with Crippen LogP contribution in [0.4, 0.5) is 0 Å². The SMILES string of the molecule is COc1cccc(C2/C(=C(/O)c3ccc(OCc4ccccc4)c(C)c3)C(=O)C(=O)N2Cc2ccncc2)c1. The molecule has 1 saturated heterocycles. The summed E-state index contributed by atoms with van der Waals surface area (Å²) in [5.41, 5.74) is 3.75. The Morgan fingerprint density at radius 3 is 2.41 bits per heavy atom. The first-order valence-electron chi connectivity index (χ1n) is 12.6. The van der Waals surface area contributed by atoms with Gasteiger partial charge >= 0.3 is 0 Å². The zero-order chi connectivity index (χ0) is 27.4. The summed E-state index contributed by atoms with van der Waals surface area (Å²) < 4.78 is 11.4. The summed E-state index contributed by atoms with van der Waals surface area (Å²) in [4.78, 5) is 32.2. The minimum Gasteiger partial charge on any atom is -0.507 e. The molecule has 39 heavy (non-hydrogen) atoms. The summed E-state index contributed by atoms with van der Waals surface area (Å²) in [7, 11) is 1.55. The number of aliphatic hydroxyl groups is 1. The number of benzene rings is 3. The number of Topliss-reactive ketones (excluding diaryl/α,β-unsaturated/α-hetero) is 1. The van der Waals surface area contributed by atoms with E-state index in [1.54, 1.807) is 68.0 Å². The summed E-state index contributed by atoms with van der Waals surface area (Å²) >= 11 is 0. The van der Waals surface area contributed by atoms with E-state index in [9.17, 15) is 14.7 Å². The number of ketones is 1. The number of ether oxygens (including phenoxy) is 2. The van der Waals surface area contributed by atoms with Gasteiger partial charge in [0.2, 0.25) is 0 Å². The molecule has 4 aromatic rings. The van der Waals surface area contributed by atoms with Gasteiger partial charge < -0.3 is 19.5 Å². The number of pyridine rings is 1. The first-order chi connectivity index (χ1) is 19.0. The molecule has 0 aliphatic carbocycles. The van der Waals surface area contributed by atoms with Crippen LogP contribution in [0.3, 0.4) is 0 Å². The maximum absolute atomic E-state index is 13.4. The van der Waals surface area contributed by atoms with Crippen LogP contribution in [0.25, 0.3) is 5.76 Å². The second-order valence-electron chi connectivity index (χ2n) is 9.31. The molecule has 3 aromatic carbocycles. The number of nitrogens with zero attached hydrogens (tertiary/aromatic N) is 2. The molecule has 1 aromatic heterocycles. The number of methoxy groups -OCH3 is 1. The van der Waals surface area contributed by atoms with Crippen LogP contribution in [-0.2, 0) is 22.7 Å². The normalized spacial score (nSPS) is 16.4. The van der Waals surface area contributed by atoms with E-state index >= 15 is 0 Å². The van der Waals surface area contributed by atoms with Gasteiger partial charge in [0.15, 0.2) is 0 Å². The predicted octanol–water partition coefficient (Wildman–Crippen LogP) is 5.60. The van der Waals surface area contributed by atoms with E-state index in [2.05, 4.69) is 4.98 Å². The second-order valence-corrected chi connectivity index (χ2v) is 9.31. The number of aliphatic hydroxyl groups excluding tert-OH is 1. The van der Waals surface area contributed by atoms with Crippen molar-refractivity contribution in [2.75, 3.05) is 7.11 Å². The molecule has 1 N–H and O–H groups in total. The molecule has 7 nitrogen and oxygen atoms in total. The Kier molecular flexibility index (Phi) is 7.41. The lowest BCUT2D eigenvalue weighted by molar-refractivity contribution is -0.140. The van der Waals surface area contributed by atoms with Crippen LogP contribution in [0, 0.1) is 6.92 Å². The fraction of sp³-hybridized carbons (Fsp3) is 0.156. The molecule has 1 amide bonds. The molecule has 1 aliphatic heterocycles. The number of carbonyl (C=O) groups excluding carboxylic acids is 2. The highest BCUT2D eigenvalue weighted by atomic mass is 16.5. The van der Waals surface area contributed by atoms with Gasteiger partial charge in [-0.05, 0) is 71.6 Å². The number of rotatable bonds is 8. The number of carbonyl (C=O) groups is 2. The summed E-state index contributed by atoms with van der Waals surface area (Å²) in [5.74, 6) is -0.413. The standard InChI is InChI=1S/C32H28N2O5/c1-21-17-25(11-12-27(21)39-20-23-7-4-3-5-8-23)30(35)28-29(24-9-6-10-26(18-24)38-2)34(32(37)31(28)36)19-22-13-15-33-16-14-22/h3-18,29,35H,19-20H2,1-2H3/b30-28-. The minimum absolute atomic E-state index is 0.0275. The van der Waals surface area contributed by atoms with Crippen LogP contribution >= 0.6 is 0 Å². The number of amides is 1. The van der Waals surface area contributed by atoms with E-state index in [1.165, 1.54) is 4.90 Å². The Hall–Kier alpha value is -4.91. The average Bonchev–Trinajstić information content (AvgIpc) is 3.22. The monoisotopic (exact) mass is 520 g/mol. The van der Waals surface area contributed by atoms with Gasteiger partial charge in [0.05, 0.1) is 18.7 Å². The van der Waals surface area contributed by atoms with Gasteiger partial charge in [-0.25, -0.2) is 0 Å². The van der Waals surface area contributed by atoms with Gasteiger partial charge in [-0.15, -0.1) is 0 Å². The summed E-state index contributed by atoms with van der Waals surface area (Å²) in [6, 6.07) is 25.0. The lowest BCUT2D eigenvalue weighted by Gasteiger charge is -2.25. The van der Waals surface area contributed by atoms with E-state index < -0.39 is 17.7 Å². The molecular formula is C32H28N2O5. The smallest absolute Gasteiger partial charge is 0.295 e. The van der Waals surface area contributed by atoms with E-state index in [0.29, 0.717) is 29.2 Å². The Morgan fingerprint density at radius 2 is 1.69 bits per heavy atom. The molecule has 1 fully saturated rings. The first-order valence-corrected chi connectivity index (χ1v) is 12.6. The van der Waals surface area contributed by atoms with Crippen LogP contribution in [-0.4, -0.2) is 33.8 Å². The highest BCUT2D eigenvalue weighted by Crippen LogP contribution is 2.41. The van der Waals surface area contributed by atoms with Crippen molar-refractivity contribution < 1.29 is 24.2 Å². The first kappa shape index (κ1) is 25.7. The van der Waals surface area contributed by atoms with Crippen LogP contribution in [0.5, 0.6) is 11.5 Å². The number of aromatic nitrogens is 1. The molecule has 0 bridgehead atoms. The minimum atomic E-state index is -0.803. The van der Waals surface area contributed by atoms with Crippen molar-refractivity contribution in [2.24, 2.45) is 0 Å². The van der Waals surface area contributed by atoms with Gasteiger partial charge in [-0.3, -0.25) is 14.6 Å². The van der Waals surface area contributed by atoms with Crippen molar-refractivity contribution >= 4 is 17.4 Å². The van der Waals surface area contributed by atoms with Gasteiger partial charge in [0.25, 0.3) is 11.7 Å². The third-order valence-electron chi connectivity index (χ3n) is 6.74. The lowest BCUT2D eigenvalue weighted by atomic mass is 9.94. The van der Waals surface area contributed by atoms with Crippen molar-refractivity contribution in [3.63, 3.8) is 0 Å². The summed E-state index contributed by atoms with van der Waals surface area (Å²) in [6.45, 7) is 2.46. The van der Waals surface area contributed by atoms with E-state index in [4.69, 9.17) is 9.47 Å². The third-order valence-corrected chi connectivity index (χ3v) is 6.74. The molecule has 1 unspecified atom stereocenters. The van der Waals surface area contributed by atoms with Crippen molar-refractivity contribution in [1.29, 1.82) is 0 Å². The van der Waals surface area contributed by atoms with Crippen LogP contribution in [0.1, 0.15) is 33.9 Å². The van der Waals surface area contributed by atoms with Crippen molar-refractivity contribution in [1.82, 2.24) is 9.88 Å². The summed E-state index contributed by atoms with van der Waals surface area (Å²) in [6.07, 6.45) is 3.27. The lowest BCUT2D eigenvalue weighted by Crippen LogP contribution is -2.29. The molecule has 0 radical (unpaired) electrons. The molecule has 0 spiro atoms. The average molecular weight is 521 g/mol. The molecule has 1 atom stereocenters. The Morgan fingerprint density at radius 1 is 0.923 bits per heavy atom. The van der Waals surface area contributed by atoms with Crippen molar-refractivity contribution in [3.8, 4) is 11.5 Å². The van der Waals surface area contributed by atoms with Crippen LogP contribution in [0.15, 0.2) is 103 Å². The Labute approximate surface area is 227 Å². The molecule has 0 saturated carbocycles. The fourth-order valence-electron chi connectivity index (χ4n) is 4.74. The molecule has 5 rings (SSSR count). The number of hydrogen-bond donors (Lipinski definition) is 1. The number of likely N-dealkylation sites (tertiary alicyclic amines) is 1. The van der Waals surface area contributed by atoms with E-state index in [1.807, 2.05) is 43.3 Å². The zero-order valence-electron chi connectivity index (χ0n) is 21.7. The fourth-order valence-corrected chi connectivity index (χ4v) is 4.74. The summed E-state index contributed by atoms with van der Waals surface area (Å²) in [5, 5.41) is 11.5. The van der Waals surface area contributed by atoms with Crippen molar-refractivity contribution in [2.45, 2.75) is 26.1 Å². The quantitative estimate of drug-likeness (QED) is 0.185. The van der Waals surface area contributed by atoms with Gasteiger partial charge in [-0.1, -0.05) is 42.5 Å². The maximum Gasteiger partial charge on any atom is 0.295 e. The highest BCUT2D eigenvalue weighted by molar-refractivity contribution is 6.46. The van der Waals surface area contributed by atoms with Crippen molar-refractivity contribution in [3.05, 3.63) is 131 Å². The van der Waals surface area contributed by atoms with Crippen LogP contribution < -0.4 is 9.47 Å². The number of hydrogen-bond acceptors (Lipinski definition) is 6. The molecule has 1 aliphatic rings. The van der Waals surface area contributed by atoms with Gasteiger partial charge in [0, 0.05) is 24.5 Å². The maximum atomic E-state index is 13.4. The Bertz CT molecular complexity index is 1530.